The van der Waals surface area contributed by atoms with E-state index in [2.05, 4.69) is 20.6 Å². The van der Waals surface area contributed by atoms with E-state index >= 15 is 0 Å². The number of nitrogens with one attached hydrogen (secondary N) is 2. The topological polar surface area (TPSA) is 67.8 Å². The van der Waals surface area contributed by atoms with E-state index < -0.39 is 0 Å². The van der Waals surface area contributed by atoms with E-state index in [0.717, 1.165) is 11.3 Å². The molecule has 0 radical (unpaired) electrons. The molecule has 25 heavy (non-hydrogen) atoms. The third-order valence-corrected chi connectivity index (χ3v) is 3.65. The summed E-state index contributed by atoms with van der Waals surface area (Å²) >= 11 is 5.78. The standard InChI is InChI=1S/C18H23ClN4O2/c1-13(25-16-7-5-4-6-15(16)24-3)10-22-18(20-2)23-12-14-8-9-17(19)21-11-14/h4-9,11,13H,10,12H2,1-3H3,(H2,20,22,23). The summed E-state index contributed by atoms with van der Waals surface area (Å²) in [7, 11) is 3.35. The molecule has 2 N–H and O–H groups in total. The largest absolute Gasteiger partial charge is 0.493 e. The molecule has 6 nitrogen and oxygen atoms in total. The fraction of sp³-hybridized carbons (Fsp3) is 0.333. The number of halogens is 1. The lowest BCUT2D eigenvalue weighted by molar-refractivity contribution is 0.213. The van der Waals surface area contributed by atoms with Gasteiger partial charge in [-0.3, -0.25) is 4.99 Å². The Balaban J connectivity index is 1.80. The van der Waals surface area contributed by atoms with E-state index in [1.54, 1.807) is 26.4 Å². The molecule has 2 rings (SSSR count). The molecular formula is C18H23ClN4O2. The molecule has 0 aliphatic carbocycles. The predicted molar refractivity (Wildman–Crippen MR) is 101 cm³/mol. The molecule has 0 fully saturated rings. The first kappa shape index (κ1) is 18.9. The molecule has 7 heteroatoms. The van der Waals surface area contributed by atoms with Crippen molar-refractivity contribution in [2.75, 3.05) is 20.7 Å². The van der Waals surface area contributed by atoms with Crippen LogP contribution in [0.5, 0.6) is 11.5 Å². The molecule has 1 atom stereocenters. The van der Waals surface area contributed by atoms with Crippen LogP contribution in [0.2, 0.25) is 5.15 Å². The number of methoxy groups -OCH3 is 1. The lowest BCUT2D eigenvalue weighted by Crippen LogP contribution is -2.41. The third kappa shape index (κ3) is 6.15. The van der Waals surface area contributed by atoms with Crippen molar-refractivity contribution in [2.45, 2.75) is 19.6 Å². The van der Waals surface area contributed by atoms with Crippen molar-refractivity contribution >= 4 is 17.6 Å². The van der Waals surface area contributed by atoms with E-state index in [4.69, 9.17) is 21.1 Å². The van der Waals surface area contributed by atoms with Crippen molar-refractivity contribution in [3.63, 3.8) is 0 Å². The van der Waals surface area contributed by atoms with Crippen molar-refractivity contribution in [2.24, 2.45) is 4.99 Å². The minimum atomic E-state index is -0.0629. The molecule has 0 amide bonds. The SMILES string of the molecule is CN=C(NCc1ccc(Cl)nc1)NCC(C)Oc1ccccc1OC. The summed E-state index contributed by atoms with van der Waals surface area (Å²) in [6.45, 7) is 3.18. The van der Waals surface area contributed by atoms with Crippen LogP contribution in [0.3, 0.4) is 0 Å². The fourth-order valence-electron chi connectivity index (χ4n) is 2.13. The molecule has 134 valence electrons. The molecule has 1 unspecified atom stereocenters. The van der Waals surface area contributed by atoms with Gasteiger partial charge in [-0.15, -0.1) is 0 Å². The average molecular weight is 363 g/mol. The number of pyridine rings is 1. The van der Waals surface area contributed by atoms with Crippen molar-refractivity contribution < 1.29 is 9.47 Å². The smallest absolute Gasteiger partial charge is 0.191 e. The third-order valence-electron chi connectivity index (χ3n) is 3.43. The Morgan fingerprint density at radius 1 is 1.20 bits per heavy atom. The van der Waals surface area contributed by atoms with Crippen molar-refractivity contribution in [1.29, 1.82) is 0 Å². The van der Waals surface area contributed by atoms with E-state index in [9.17, 15) is 0 Å². The van der Waals surface area contributed by atoms with Gasteiger partial charge in [0.25, 0.3) is 0 Å². The van der Waals surface area contributed by atoms with Gasteiger partial charge in [0.1, 0.15) is 11.3 Å². The molecule has 0 spiro atoms. The average Bonchev–Trinajstić information content (AvgIpc) is 2.63. The second-order valence-corrected chi connectivity index (χ2v) is 5.76. The maximum Gasteiger partial charge on any atom is 0.191 e. The molecule has 1 heterocycles. The van der Waals surface area contributed by atoms with Crippen LogP contribution in [0.25, 0.3) is 0 Å². The van der Waals surface area contributed by atoms with Gasteiger partial charge in [0, 0.05) is 19.8 Å². The normalized spacial score (nSPS) is 12.4. The van der Waals surface area contributed by atoms with Gasteiger partial charge in [0.05, 0.1) is 13.7 Å². The fourth-order valence-corrected chi connectivity index (χ4v) is 2.24. The van der Waals surface area contributed by atoms with E-state index in [1.807, 2.05) is 37.3 Å². The number of hydrogen-bond acceptors (Lipinski definition) is 4. The zero-order valence-electron chi connectivity index (χ0n) is 14.6. The Morgan fingerprint density at radius 3 is 2.60 bits per heavy atom. The second kappa shape index (κ2) is 9.74. The van der Waals surface area contributed by atoms with Gasteiger partial charge in [-0.2, -0.15) is 0 Å². The molecular weight excluding hydrogens is 340 g/mol. The first-order chi connectivity index (χ1) is 12.1. The number of aromatic nitrogens is 1. The van der Waals surface area contributed by atoms with Gasteiger partial charge >= 0.3 is 0 Å². The summed E-state index contributed by atoms with van der Waals surface area (Å²) in [6.07, 6.45) is 1.67. The van der Waals surface area contributed by atoms with Gasteiger partial charge in [0.15, 0.2) is 17.5 Å². The molecule has 1 aromatic carbocycles. The number of nitrogens with zero attached hydrogens (tertiary/aromatic N) is 2. The van der Waals surface area contributed by atoms with E-state index in [-0.39, 0.29) is 6.10 Å². The predicted octanol–water partition coefficient (Wildman–Crippen LogP) is 2.88. The Kier molecular flexibility index (Phi) is 7.35. The van der Waals surface area contributed by atoms with Crippen molar-refractivity contribution in [1.82, 2.24) is 15.6 Å². The highest BCUT2D eigenvalue weighted by Gasteiger charge is 2.09. The molecule has 0 aliphatic rings. The van der Waals surface area contributed by atoms with E-state index in [1.165, 1.54) is 0 Å². The maximum atomic E-state index is 5.91. The first-order valence-electron chi connectivity index (χ1n) is 7.97. The van der Waals surface area contributed by atoms with Crippen LogP contribution in [0.1, 0.15) is 12.5 Å². The van der Waals surface area contributed by atoms with Crippen LogP contribution in [0.4, 0.5) is 0 Å². The van der Waals surface area contributed by atoms with Crippen LogP contribution >= 0.6 is 11.6 Å². The van der Waals surface area contributed by atoms with Gasteiger partial charge in [0.2, 0.25) is 0 Å². The number of ether oxygens (including phenoxy) is 2. The highest BCUT2D eigenvalue weighted by molar-refractivity contribution is 6.29. The molecule has 0 aliphatic heterocycles. The summed E-state index contributed by atoms with van der Waals surface area (Å²) in [5, 5.41) is 6.94. The summed E-state index contributed by atoms with van der Waals surface area (Å²) < 4.78 is 11.2. The maximum absolute atomic E-state index is 5.91. The number of guanidine groups is 1. The summed E-state index contributed by atoms with van der Waals surface area (Å²) in [5.41, 5.74) is 1.02. The second-order valence-electron chi connectivity index (χ2n) is 5.38. The lowest BCUT2D eigenvalue weighted by Gasteiger charge is -2.19. The number of para-hydroxylation sites is 2. The number of aliphatic imine (C=N–C) groups is 1. The number of rotatable bonds is 7. The summed E-state index contributed by atoms with van der Waals surface area (Å²) in [4.78, 5) is 8.25. The monoisotopic (exact) mass is 362 g/mol. The van der Waals surface area contributed by atoms with Gasteiger partial charge in [-0.1, -0.05) is 29.8 Å². The van der Waals surface area contributed by atoms with Crippen LogP contribution in [0, 0.1) is 0 Å². The van der Waals surface area contributed by atoms with Gasteiger partial charge in [-0.05, 0) is 30.7 Å². The Labute approximate surface area is 153 Å². The van der Waals surface area contributed by atoms with Crippen molar-refractivity contribution in [3.05, 3.63) is 53.3 Å². The summed E-state index contributed by atoms with van der Waals surface area (Å²) in [5.74, 6) is 2.12. The zero-order valence-corrected chi connectivity index (χ0v) is 15.4. The van der Waals surface area contributed by atoms with Gasteiger partial charge < -0.3 is 20.1 Å². The quantitative estimate of drug-likeness (QED) is 0.450. The highest BCUT2D eigenvalue weighted by atomic mass is 35.5. The van der Waals surface area contributed by atoms with Crippen LogP contribution in [-0.2, 0) is 6.54 Å². The minimum Gasteiger partial charge on any atom is -0.493 e. The number of hydrogen-bond donors (Lipinski definition) is 2. The minimum absolute atomic E-state index is 0.0629. The molecule has 1 aromatic heterocycles. The van der Waals surface area contributed by atoms with Crippen molar-refractivity contribution in [3.8, 4) is 11.5 Å². The van der Waals surface area contributed by atoms with Crippen LogP contribution in [0.15, 0.2) is 47.6 Å². The molecule has 0 bridgehead atoms. The molecule has 0 saturated carbocycles. The van der Waals surface area contributed by atoms with Crippen LogP contribution in [-0.4, -0.2) is 37.7 Å². The Morgan fingerprint density at radius 2 is 1.96 bits per heavy atom. The highest BCUT2D eigenvalue weighted by Crippen LogP contribution is 2.26. The number of benzene rings is 1. The Hall–Kier alpha value is -2.47. The van der Waals surface area contributed by atoms with Crippen LogP contribution < -0.4 is 20.1 Å². The van der Waals surface area contributed by atoms with E-state index in [0.29, 0.717) is 30.0 Å². The molecule has 0 saturated heterocycles. The first-order valence-corrected chi connectivity index (χ1v) is 8.34. The Bertz CT molecular complexity index is 692. The van der Waals surface area contributed by atoms with Gasteiger partial charge in [-0.25, -0.2) is 4.98 Å². The molecule has 2 aromatic rings. The zero-order chi connectivity index (χ0) is 18.1. The lowest BCUT2D eigenvalue weighted by atomic mass is 10.3. The summed E-state index contributed by atoms with van der Waals surface area (Å²) in [6, 6.07) is 11.3.